The number of rotatable bonds is 3. The van der Waals surface area contributed by atoms with Crippen molar-refractivity contribution in [3.05, 3.63) is 48.8 Å². The summed E-state index contributed by atoms with van der Waals surface area (Å²) in [6.07, 6.45) is 7.84. The Balaban J connectivity index is 1.34. The SMILES string of the molecule is c1ccc(Oc2cncc(N3CCC4(CC5CCN4C5)C3)c2)cc1. The summed E-state index contributed by atoms with van der Waals surface area (Å²) in [4.78, 5) is 9.65. The summed E-state index contributed by atoms with van der Waals surface area (Å²) >= 11 is 0. The van der Waals surface area contributed by atoms with E-state index < -0.39 is 0 Å². The van der Waals surface area contributed by atoms with Crippen molar-refractivity contribution in [3.8, 4) is 11.5 Å². The molecule has 3 atom stereocenters. The molecule has 3 saturated heterocycles. The van der Waals surface area contributed by atoms with Crippen LogP contribution in [0.15, 0.2) is 48.8 Å². The Bertz CT molecular complexity index is 735. The molecule has 0 saturated carbocycles. The number of pyridine rings is 1. The average molecular weight is 321 g/mol. The Kier molecular flexibility index (Phi) is 3.27. The first-order valence-corrected chi connectivity index (χ1v) is 8.99. The maximum atomic E-state index is 5.95. The fraction of sp³-hybridized carbons (Fsp3) is 0.450. The predicted octanol–water partition coefficient (Wildman–Crippen LogP) is 3.55. The van der Waals surface area contributed by atoms with E-state index in [-0.39, 0.29) is 0 Å². The summed E-state index contributed by atoms with van der Waals surface area (Å²) < 4.78 is 5.95. The van der Waals surface area contributed by atoms with Gasteiger partial charge in [-0.15, -0.1) is 0 Å². The van der Waals surface area contributed by atoms with E-state index in [9.17, 15) is 0 Å². The highest BCUT2D eigenvalue weighted by atomic mass is 16.5. The molecule has 0 amide bonds. The standard InChI is InChI=1S/C20H23N3O/c1-2-4-18(5-3-1)24-19-10-17(12-21-13-19)22-9-7-20(15-22)11-16-6-8-23(20)14-16/h1-5,10,12-13,16H,6-9,11,14-15H2. The Morgan fingerprint density at radius 1 is 1.08 bits per heavy atom. The second-order valence-corrected chi connectivity index (χ2v) is 7.49. The highest BCUT2D eigenvalue weighted by molar-refractivity contribution is 5.51. The van der Waals surface area contributed by atoms with Crippen molar-refractivity contribution in [1.82, 2.24) is 9.88 Å². The van der Waals surface area contributed by atoms with Crippen LogP contribution in [0.3, 0.4) is 0 Å². The van der Waals surface area contributed by atoms with Gasteiger partial charge in [-0.25, -0.2) is 0 Å². The van der Waals surface area contributed by atoms with E-state index in [1.165, 1.54) is 38.0 Å². The van der Waals surface area contributed by atoms with Gasteiger partial charge in [0, 0.05) is 31.2 Å². The number of aromatic nitrogens is 1. The summed E-state index contributed by atoms with van der Waals surface area (Å²) in [6, 6.07) is 12.0. The molecule has 3 aliphatic rings. The van der Waals surface area contributed by atoms with Crippen LogP contribution in [0.4, 0.5) is 5.69 Å². The van der Waals surface area contributed by atoms with E-state index in [0.29, 0.717) is 5.54 Å². The number of nitrogens with zero attached hydrogens (tertiary/aromatic N) is 3. The fourth-order valence-corrected chi connectivity index (χ4v) is 4.86. The average Bonchev–Trinajstić information content (AvgIpc) is 3.32. The molecule has 4 nitrogen and oxygen atoms in total. The number of para-hydroxylation sites is 1. The Labute approximate surface area is 143 Å². The maximum absolute atomic E-state index is 5.95. The largest absolute Gasteiger partial charge is 0.456 e. The lowest BCUT2D eigenvalue weighted by Crippen LogP contribution is -2.46. The monoisotopic (exact) mass is 321 g/mol. The molecule has 1 aromatic heterocycles. The van der Waals surface area contributed by atoms with Gasteiger partial charge in [0.1, 0.15) is 11.5 Å². The van der Waals surface area contributed by atoms with Gasteiger partial charge in [-0.3, -0.25) is 9.88 Å². The molecule has 24 heavy (non-hydrogen) atoms. The molecule has 0 radical (unpaired) electrons. The minimum atomic E-state index is 0.430. The van der Waals surface area contributed by atoms with Crippen molar-refractivity contribution in [2.24, 2.45) is 5.92 Å². The van der Waals surface area contributed by atoms with Gasteiger partial charge in [-0.1, -0.05) is 18.2 Å². The van der Waals surface area contributed by atoms with E-state index >= 15 is 0 Å². The van der Waals surface area contributed by atoms with Crippen LogP contribution in [-0.4, -0.2) is 41.6 Å². The normalized spacial score (nSPS) is 31.1. The van der Waals surface area contributed by atoms with Gasteiger partial charge in [-0.2, -0.15) is 0 Å². The zero-order valence-corrected chi connectivity index (χ0v) is 13.9. The Morgan fingerprint density at radius 3 is 2.79 bits per heavy atom. The van der Waals surface area contributed by atoms with Crippen molar-refractivity contribution in [1.29, 1.82) is 0 Å². The third-order valence-electron chi connectivity index (χ3n) is 6.00. The first-order chi connectivity index (χ1) is 11.8. The number of hydrogen-bond donors (Lipinski definition) is 0. The molecule has 0 aliphatic carbocycles. The highest BCUT2D eigenvalue weighted by Gasteiger charge is 2.52. The molecule has 124 valence electrons. The maximum Gasteiger partial charge on any atom is 0.147 e. The van der Waals surface area contributed by atoms with Gasteiger partial charge in [0.2, 0.25) is 0 Å². The van der Waals surface area contributed by atoms with Crippen LogP contribution in [0.25, 0.3) is 0 Å². The summed E-state index contributed by atoms with van der Waals surface area (Å²) in [6.45, 7) is 4.89. The van der Waals surface area contributed by atoms with Crippen molar-refractivity contribution in [2.45, 2.75) is 24.8 Å². The molecule has 4 heteroatoms. The lowest BCUT2D eigenvalue weighted by atomic mass is 9.87. The molecule has 2 bridgehead atoms. The van der Waals surface area contributed by atoms with Crippen LogP contribution < -0.4 is 9.64 Å². The van der Waals surface area contributed by atoms with Crippen molar-refractivity contribution in [3.63, 3.8) is 0 Å². The molecule has 3 fully saturated rings. The van der Waals surface area contributed by atoms with Gasteiger partial charge in [0.25, 0.3) is 0 Å². The van der Waals surface area contributed by atoms with Crippen LogP contribution in [0, 0.1) is 5.92 Å². The molecule has 3 aliphatic heterocycles. The van der Waals surface area contributed by atoms with Crippen LogP contribution in [0.5, 0.6) is 11.5 Å². The Hall–Kier alpha value is -2.07. The number of benzene rings is 1. The number of fused-ring (bicyclic) bond motifs is 3. The number of anilines is 1. The number of hydrogen-bond acceptors (Lipinski definition) is 4. The minimum Gasteiger partial charge on any atom is -0.456 e. The molecule has 2 aromatic rings. The molecule has 3 unspecified atom stereocenters. The molecule has 4 heterocycles. The van der Waals surface area contributed by atoms with Crippen LogP contribution in [-0.2, 0) is 0 Å². The zero-order chi connectivity index (χ0) is 16.0. The van der Waals surface area contributed by atoms with E-state index in [2.05, 4.69) is 20.9 Å². The van der Waals surface area contributed by atoms with Crippen LogP contribution in [0.2, 0.25) is 0 Å². The van der Waals surface area contributed by atoms with Crippen LogP contribution >= 0.6 is 0 Å². The van der Waals surface area contributed by atoms with Crippen molar-refractivity contribution in [2.75, 3.05) is 31.1 Å². The van der Waals surface area contributed by atoms with Gasteiger partial charge < -0.3 is 9.64 Å². The summed E-state index contributed by atoms with van der Waals surface area (Å²) in [5, 5.41) is 0. The van der Waals surface area contributed by atoms with Crippen molar-refractivity contribution < 1.29 is 4.74 Å². The summed E-state index contributed by atoms with van der Waals surface area (Å²) in [5.74, 6) is 2.61. The van der Waals surface area contributed by atoms with Gasteiger partial charge in [0.05, 0.1) is 18.1 Å². The molecular formula is C20H23N3O. The first-order valence-electron chi connectivity index (χ1n) is 8.99. The predicted molar refractivity (Wildman–Crippen MR) is 94.6 cm³/mol. The van der Waals surface area contributed by atoms with E-state index in [1.54, 1.807) is 6.20 Å². The van der Waals surface area contributed by atoms with Crippen LogP contribution in [0.1, 0.15) is 19.3 Å². The second kappa shape index (κ2) is 5.49. The molecule has 1 aromatic carbocycles. The van der Waals surface area contributed by atoms with Gasteiger partial charge in [-0.05, 0) is 43.9 Å². The zero-order valence-electron chi connectivity index (χ0n) is 13.9. The summed E-state index contributed by atoms with van der Waals surface area (Å²) in [5.41, 5.74) is 1.61. The second-order valence-electron chi connectivity index (χ2n) is 7.49. The van der Waals surface area contributed by atoms with Gasteiger partial charge >= 0.3 is 0 Å². The smallest absolute Gasteiger partial charge is 0.147 e. The molecular weight excluding hydrogens is 298 g/mol. The lowest BCUT2D eigenvalue weighted by Gasteiger charge is -2.36. The Morgan fingerprint density at radius 2 is 2.00 bits per heavy atom. The third kappa shape index (κ3) is 2.37. The van der Waals surface area contributed by atoms with Gasteiger partial charge in [0.15, 0.2) is 0 Å². The third-order valence-corrected chi connectivity index (χ3v) is 6.00. The lowest BCUT2D eigenvalue weighted by molar-refractivity contribution is 0.155. The molecule has 1 spiro atoms. The fourth-order valence-electron chi connectivity index (χ4n) is 4.86. The van der Waals surface area contributed by atoms with E-state index in [0.717, 1.165) is 30.5 Å². The quantitative estimate of drug-likeness (QED) is 0.864. The minimum absolute atomic E-state index is 0.430. The summed E-state index contributed by atoms with van der Waals surface area (Å²) in [7, 11) is 0. The van der Waals surface area contributed by atoms with E-state index in [4.69, 9.17) is 4.74 Å². The number of ether oxygens (including phenoxy) is 1. The topological polar surface area (TPSA) is 28.6 Å². The molecule has 0 N–H and O–H groups in total. The van der Waals surface area contributed by atoms with Crippen molar-refractivity contribution >= 4 is 5.69 Å². The van der Waals surface area contributed by atoms with E-state index in [1.807, 2.05) is 36.5 Å². The first kappa shape index (κ1) is 14.3. The highest BCUT2D eigenvalue weighted by Crippen LogP contribution is 2.46. The molecule has 5 rings (SSSR count). The number of piperidine rings is 1.